The molecule has 0 unspecified atom stereocenters. The van der Waals surface area contributed by atoms with Gasteiger partial charge in [-0.05, 0) is 32.9 Å². The van der Waals surface area contributed by atoms with E-state index in [4.69, 9.17) is 0 Å². The van der Waals surface area contributed by atoms with Gasteiger partial charge in [0.2, 0.25) is 0 Å². The molecule has 3 aromatic rings. The van der Waals surface area contributed by atoms with Crippen LogP contribution in [0, 0.1) is 0 Å². The SMILES string of the molecule is Cn1nc(-c2ccccc2/C=N/[S@@+]([O-])C(C)(C)C)c2cccnc21. The highest BCUT2D eigenvalue weighted by Gasteiger charge is 2.26. The van der Waals surface area contributed by atoms with E-state index in [-0.39, 0.29) is 4.75 Å². The van der Waals surface area contributed by atoms with E-state index in [1.54, 1.807) is 17.1 Å². The first-order valence-corrected chi connectivity index (χ1v) is 8.82. The predicted molar refractivity (Wildman–Crippen MR) is 99.4 cm³/mol. The molecule has 0 amide bonds. The van der Waals surface area contributed by atoms with Gasteiger partial charge in [-0.15, -0.1) is 0 Å². The van der Waals surface area contributed by atoms with Gasteiger partial charge in [0, 0.05) is 29.8 Å². The van der Waals surface area contributed by atoms with Crippen LogP contribution in [-0.4, -0.2) is 30.3 Å². The van der Waals surface area contributed by atoms with Crippen LogP contribution in [0.5, 0.6) is 0 Å². The first-order chi connectivity index (χ1) is 11.4. The van der Waals surface area contributed by atoms with Crippen molar-refractivity contribution < 1.29 is 4.55 Å². The Morgan fingerprint density at radius 3 is 2.67 bits per heavy atom. The van der Waals surface area contributed by atoms with E-state index in [2.05, 4.69) is 14.5 Å². The minimum absolute atomic E-state index is 0.382. The minimum Gasteiger partial charge on any atom is -0.591 e. The summed E-state index contributed by atoms with van der Waals surface area (Å²) in [6, 6.07) is 11.8. The van der Waals surface area contributed by atoms with E-state index in [9.17, 15) is 4.55 Å². The number of aromatic nitrogens is 3. The number of hydrogen-bond acceptors (Lipinski definition) is 4. The maximum atomic E-state index is 12.2. The number of hydrogen-bond donors (Lipinski definition) is 0. The third-order valence-corrected chi connectivity index (χ3v) is 4.97. The lowest BCUT2D eigenvalue weighted by Gasteiger charge is -2.17. The van der Waals surface area contributed by atoms with Crippen molar-refractivity contribution in [2.24, 2.45) is 11.4 Å². The number of pyridine rings is 1. The van der Waals surface area contributed by atoms with E-state index >= 15 is 0 Å². The van der Waals surface area contributed by atoms with Gasteiger partial charge in [0.15, 0.2) is 5.65 Å². The molecular weight excluding hydrogens is 320 g/mol. The van der Waals surface area contributed by atoms with Gasteiger partial charge < -0.3 is 4.55 Å². The molecule has 5 nitrogen and oxygen atoms in total. The molecule has 0 aliphatic rings. The molecule has 3 rings (SSSR count). The Kier molecular flexibility index (Phi) is 4.43. The second-order valence-electron chi connectivity index (χ2n) is 6.53. The molecule has 0 saturated carbocycles. The van der Waals surface area contributed by atoms with E-state index in [0.717, 1.165) is 27.9 Å². The third kappa shape index (κ3) is 3.20. The number of rotatable bonds is 3. The Balaban J connectivity index is 2.08. The molecule has 0 aliphatic heterocycles. The predicted octanol–water partition coefficient (Wildman–Crippen LogP) is 3.52. The maximum Gasteiger partial charge on any atom is 0.158 e. The van der Waals surface area contributed by atoms with Gasteiger partial charge in [-0.1, -0.05) is 28.7 Å². The van der Waals surface area contributed by atoms with Crippen molar-refractivity contribution in [3.8, 4) is 11.3 Å². The van der Waals surface area contributed by atoms with Gasteiger partial charge in [-0.25, -0.2) is 9.67 Å². The Morgan fingerprint density at radius 1 is 1.17 bits per heavy atom. The molecule has 0 N–H and O–H groups in total. The van der Waals surface area contributed by atoms with Crippen LogP contribution in [0.1, 0.15) is 26.3 Å². The van der Waals surface area contributed by atoms with Crippen LogP contribution in [0.2, 0.25) is 0 Å². The number of nitrogens with zero attached hydrogens (tertiary/aromatic N) is 4. The average molecular weight is 340 g/mol. The normalized spacial score (nSPS) is 13.7. The summed E-state index contributed by atoms with van der Waals surface area (Å²) in [5.41, 5.74) is 3.52. The van der Waals surface area contributed by atoms with Gasteiger partial charge in [-0.2, -0.15) is 5.10 Å². The quantitative estimate of drug-likeness (QED) is 0.541. The average Bonchev–Trinajstić information content (AvgIpc) is 2.89. The first kappa shape index (κ1) is 16.7. The summed E-state index contributed by atoms with van der Waals surface area (Å²) in [4.78, 5) is 4.38. The largest absolute Gasteiger partial charge is 0.591 e. The third-order valence-electron chi connectivity index (χ3n) is 3.63. The summed E-state index contributed by atoms with van der Waals surface area (Å²) in [5, 5.41) is 5.60. The lowest BCUT2D eigenvalue weighted by atomic mass is 10.0. The summed E-state index contributed by atoms with van der Waals surface area (Å²) in [6.07, 6.45) is 3.43. The summed E-state index contributed by atoms with van der Waals surface area (Å²) >= 11 is -1.29. The summed E-state index contributed by atoms with van der Waals surface area (Å²) in [6.45, 7) is 5.72. The zero-order chi connectivity index (χ0) is 17.3. The molecule has 0 aliphatic carbocycles. The molecule has 0 fully saturated rings. The molecule has 24 heavy (non-hydrogen) atoms. The fraction of sp³-hybridized carbons (Fsp3) is 0.278. The van der Waals surface area contributed by atoms with Crippen LogP contribution in [-0.2, 0) is 18.4 Å². The number of fused-ring (bicyclic) bond motifs is 1. The van der Waals surface area contributed by atoms with Gasteiger partial charge in [0.25, 0.3) is 0 Å². The maximum absolute atomic E-state index is 12.2. The Labute approximate surface area is 144 Å². The van der Waals surface area contributed by atoms with Crippen molar-refractivity contribution in [1.82, 2.24) is 14.8 Å². The van der Waals surface area contributed by atoms with Crippen molar-refractivity contribution >= 4 is 28.6 Å². The first-order valence-electron chi connectivity index (χ1n) is 7.71. The van der Waals surface area contributed by atoms with E-state index in [1.807, 2.05) is 64.2 Å². The van der Waals surface area contributed by atoms with Crippen molar-refractivity contribution in [2.45, 2.75) is 25.5 Å². The highest BCUT2D eigenvalue weighted by Crippen LogP contribution is 2.28. The zero-order valence-electron chi connectivity index (χ0n) is 14.2. The highest BCUT2D eigenvalue weighted by atomic mass is 32.2. The molecular formula is C18H20N4OS. The van der Waals surface area contributed by atoms with Crippen molar-refractivity contribution in [2.75, 3.05) is 0 Å². The number of aryl methyl sites for hydroxylation is 1. The monoisotopic (exact) mass is 340 g/mol. The summed E-state index contributed by atoms with van der Waals surface area (Å²) in [5.74, 6) is 0. The molecule has 1 atom stereocenters. The van der Waals surface area contributed by atoms with Crippen LogP contribution in [0.3, 0.4) is 0 Å². The molecule has 0 spiro atoms. The second kappa shape index (κ2) is 6.37. The Hall–Kier alpha value is -2.18. The standard InChI is InChI=1S/C18H20N4OS/c1-18(2,3)24(23)20-12-13-8-5-6-9-14(13)16-15-10-7-11-19-17(15)22(4)21-16/h5-12H,1-4H3/b20-12+/t24-/m0/s1. The molecule has 124 valence electrons. The molecule has 2 aromatic heterocycles. The minimum atomic E-state index is -1.29. The van der Waals surface area contributed by atoms with Crippen molar-refractivity contribution in [3.63, 3.8) is 0 Å². The molecule has 1 aromatic carbocycles. The fourth-order valence-electron chi connectivity index (χ4n) is 2.38. The van der Waals surface area contributed by atoms with Crippen LogP contribution in [0.4, 0.5) is 0 Å². The van der Waals surface area contributed by atoms with E-state index < -0.39 is 11.4 Å². The fourth-order valence-corrected chi connectivity index (χ4v) is 2.90. The van der Waals surface area contributed by atoms with Gasteiger partial charge in [0.05, 0.1) is 6.21 Å². The summed E-state index contributed by atoms with van der Waals surface area (Å²) in [7, 11) is 1.88. The molecule has 2 heterocycles. The smallest absolute Gasteiger partial charge is 0.158 e. The van der Waals surface area contributed by atoms with E-state index in [0.29, 0.717) is 0 Å². The van der Waals surface area contributed by atoms with Crippen LogP contribution in [0.15, 0.2) is 47.0 Å². The molecule has 0 radical (unpaired) electrons. The Bertz CT molecular complexity index is 895. The summed E-state index contributed by atoms with van der Waals surface area (Å²) < 4.78 is 17.8. The van der Waals surface area contributed by atoms with Crippen LogP contribution < -0.4 is 0 Å². The lowest BCUT2D eigenvalue weighted by Crippen LogP contribution is -2.25. The van der Waals surface area contributed by atoms with E-state index in [1.165, 1.54) is 0 Å². The zero-order valence-corrected chi connectivity index (χ0v) is 15.0. The van der Waals surface area contributed by atoms with Crippen LogP contribution in [0.25, 0.3) is 22.3 Å². The van der Waals surface area contributed by atoms with Gasteiger partial charge in [-0.3, -0.25) is 0 Å². The number of benzene rings is 1. The van der Waals surface area contributed by atoms with Gasteiger partial charge >= 0.3 is 0 Å². The molecule has 0 saturated heterocycles. The van der Waals surface area contributed by atoms with Crippen LogP contribution >= 0.6 is 0 Å². The second-order valence-corrected chi connectivity index (χ2v) is 8.46. The van der Waals surface area contributed by atoms with Crippen molar-refractivity contribution in [3.05, 3.63) is 48.2 Å². The lowest BCUT2D eigenvalue weighted by molar-refractivity contribution is 0.562. The van der Waals surface area contributed by atoms with Crippen molar-refractivity contribution in [1.29, 1.82) is 0 Å². The molecule has 6 heteroatoms. The molecule has 0 bridgehead atoms. The van der Waals surface area contributed by atoms with Gasteiger partial charge in [0.1, 0.15) is 21.8 Å². The highest BCUT2D eigenvalue weighted by molar-refractivity contribution is 7.91. The Morgan fingerprint density at radius 2 is 1.92 bits per heavy atom. The topological polar surface area (TPSA) is 66.1 Å².